The number of hydrogen-bond acceptors (Lipinski definition) is 1. The van der Waals surface area contributed by atoms with Crippen molar-refractivity contribution in [1.29, 1.82) is 0 Å². The first-order valence-electron chi connectivity index (χ1n) is 4.52. The van der Waals surface area contributed by atoms with Gasteiger partial charge in [0, 0.05) is 6.20 Å². The van der Waals surface area contributed by atoms with E-state index in [4.69, 9.17) is 0 Å². The minimum Gasteiger partial charge on any atom is -0.264 e. The number of halogens is 1. The van der Waals surface area contributed by atoms with E-state index in [1.807, 2.05) is 16.9 Å². The van der Waals surface area contributed by atoms with E-state index in [1.165, 1.54) is 9.13 Å². The minimum absolute atomic E-state index is 0.305. The lowest BCUT2D eigenvalue weighted by Gasteiger charge is -2.11. The van der Waals surface area contributed by atoms with E-state index in [1.54, 1.807) is 0 Å². The second kappa shape index (κ2) is 4.13. The summed E-state index contributed by atoms with van der Waals surface area (Å²) < 4.78 is 3.15. The summed E-state index contributed by atoms with van der Waals surface area (Å²) in [6, 6.07) is 10.7. The van der Waals surface area contributed by atoms with Gasteiger partial charge < -0.3 is 0 Å². The fourth-order valence-corrected chi connectivity index (χ4v) is 1.82. The van der Waals surface area contributed by atoms with Crippen LogP contribution in [0.25, 0.3) is 0 Å². The summed E-state index contributed by atoms with van der Waals surface area (Å²) in [5.41, 5.74) is 1.28. The van der Waals surface area contributed by atoms with Crippen LogP contribution in [0.1, 0.15) is 18.5 Å². The summed E-state index contributed by atoms with van der Waals surface area (Å²) in [5.74, 6) is 0. The molecular weight excluding hydrogens is 287 g/mol. The van der Waals surface area contributed by atoms with Crippen LogP contribution in [0.15, 0.2) is 42.7 Å². The van der Waals surface area contributed by atoms with E-state index in [9.17, 15) is 0 Å². The van der Waals surface area contributed by atoms with Gasteiger partial charge in [-0.1, -0.05) is 30.3 Å². The first-order valence-corrected chi connectivity index (χ1v) is 5.60. The SMILES string of the molecule is CC(c1ccccc1)n1cc(I)cn1. The Labute approximate surface area is 97.1 Å². The van der Waals surface area contributed by atoms with Gasteiger partial charge >= 0.3 is 0 Å². The molecule has 14 heavy (non-hydrogen) atoms. The Balaban J connectivity index is 2.29. The molecule has 0 saturated heterocycles. The molecule has 0 aliphatic rings. The summed E-state index contributed by atoms with van der Waals surface area (Å²) in [6.45, 7) is 2.15. The molecule has 1 aromatic carbocycles. The molecule has 1 heterocycles. The number of benzene rings is 1. The second-order valence-corrected chi connectivity index (χ2v) is 4.47. The lowest BCUT2D eigenvalue weighted by molar-refractivity contribution is 0.564. The maximum Gasteiger partial charge on any atom is 0.0740 e. The smallest absolute Gasteiger partial charge is 0.0740 e. The third-order valence-electron chi connectivity index (χ3n) is 2.25. The topological polar surface area (TPSA) is 17.8 Å². The van der Waals surface area contributed by atoms with E-state index >= 15 is 0 Å². The monoisotopic (exact) mass is 298 g/mol. The molecule has 0 fully saturated rings. The first kappa shape index (κ1) is 9.71. The van der Waals surface area contributed by atoms with Crippen LogP contribution >= 0.6 is 22.6 Å². The lowest BCUT2D eigenvalue weighted by Crippen LogP contribution is -2.06. The van der Waals surface area contributed by atoms with Crippen molar-refractivity contribution in [2.75, 3.05) is 0 Å². The van der Waals surface area contributed by atoms with Gasteiger partial charge in [-0.15, -0.1) is 0 Å². The van der Waals surface area contributed by atoms with Gasteiger partial charge in [0.2, 0.25) is 0 Å². The molecule has 1 unspecified atom stereocenters. The Bertz CT molecular complexity index is 408. The van der Waals surface area contributed by atoms with Crippen molar-refractivity contribution in [3.8, 4) is 0 Å². The van der Waals surface area contributed by atoms with Crippen molar-refractivity contribution in [2.45, 2.75) is 13.0 Å². The van der Waals surface area contributed by atoms with Crippen molar-refractivity contribution in [3.05, 3.63) is 51.9 Å². The standard InChI is InChI=1S/C11H11IN2/c1-9(10-5-3-2-4-6-10)14-8-11(12)7-13-14/h2-9H,1H3. The van der Waals surface area contributed by atoms with Gasteiger partial charge in [-0.05, 0) is 35.1 Å². The average Bonchev–Trinajstić information content (AvgIpc) is 2.65. The molecule has 0 spiro atoms. The van der Waals surface area contributed by atoms with Crippen LogP contribution in [0.3, 0.4) is 0 Å². The maximum atomic E-state index is 4.30. The highest BCUT2D eigenvalue weighted by atomic mass is 127. The van der Waals surface area contributed by atoms with E-state index in [2.05, 4.69) is 65.1 Å². The molecule has 1 aromatic heterocycles. The van der Waals surface area contributed by atoms with Gasteiger partial charge in [0.1, 0.15) is 0 Å². The Hall–Kier alpha value is -0.840. The quantitative estimate of drug-likeness (QED) is 0.779. The summed E-state index contributed by atoms with van der Waals surface area (Å²) in [4.78, 5) is 0. The number of rotatable bonds is 2. The van der Waals surface area contributed by atoms with Crippen LogP contribution in [0.5, 0.6) is 0 Å². The molecule has 0 radical (unpaired) electrons. The van der Waals surface area contributed by atoms with E-state index in [-0.39, 0.29) is 0 Å². The van der Waals surface area contributed by atoms with Crippen molar-refractivity contribution in [3.63, 3.8) is 0 Å². The van der Waals surface area contributed by atoms with Gasteiger partial charge in [-0.3, -0.25) is 4.68 Å². The summed E-state index contributed by atoms with van der Waals surface area (Å²) in [6.07, 6.45) is 3.93. The highest BCUT2D eigenvalue weighted by molar-refractivity contribution is 14.1. The molecule has 2 aromatic rings. The van der Waals surface area contributed by atoms with Crippen molar-refractivity contribution in [2.24, 2.45) is 0 Å². The third kappa shape index (κ3) is 1.97. The zero-order valence-corrected chi connectivity index (χ0v) is 10.0. The van der Waals surface area contributed by atoms with Gasteiger partial charge in [0.05, 0.1) is 15.8 Å². The minimum atomic E-state index is 0.305. The largest absolute Gasteiger partial charge is 0.264 e. The van der Waals surface area contributed by atoms with Crippen LogP contribution in [-0.4, -0.2) is 9.78 Å². The van der Waals surface area contributed by atoms with Crippen LogP contribution < -0.4 is 0 Å². The van der Waals surface area contributed by atoms with Crippen LogP contribution in [-0.2, 0) is 0 Å². The Morgan fingerprint density at radius 1 is 1.29 bits per heavy atom. The highest BCUT2D eigenvalue weighted by Crippen LogP contribution is 2.17. The fourth-order valence-electron chi connectivity index (χ4n) is 1.41. The molecule has 1 atom stereocenters. The van der Waals surface area contributed by atoms with Gasteiger partial charge in [-0.2, -0.15) is 5.10 Å². The molecule has 0 amide bonds. The Kier molecular flexibility index (Phi) is 2.86. The van der Waals surface area contributed by atoms with Gasteiger partial charge in [-0.25, -0.2) is 0 Å². The number of nitrogens with zero attached hydrogens (tertiary/aromatic N) is 2. The second-order valence-electron chi connectivity index (χ2n) is 3.23. The predicted octanol–water partition coefficient (Wildman–Crippen LogP) is 3.10. The van der Waals surface area contributed by atoms with Crippen molar-refractivity contribution in [1.82, 2.24) is 9.78 Å². The van der Waals surface area contributed by atoms with E-state index in [0.717, 1.165) is 0 Å². The molecule has 0 aliphatic carbocycles. The van der Waals surface area contributed by atoms with Crippen LogP contribution in [0, 0.1) is 3.57 Å². The average molecular weight is 298 g/mol. The molecule has 2 rings (SSSR count). The normalized spacial score (nSPS) is 12.7. The third-order valence-corrected chi connectivity index (χ3v) is 2.81. The van der Waals surface area contributed by atoms with Crippen LogP contribution in [0.4, 0.5) is 0 Å². The summed E-state index contributed by atoms with van der Waals surface area (Å²) in [7, 11) is 0. The predicted molar refractivity (Wildman–Crippen MR) is 65.2 cm³/mol. The van der Waals surface area contributed by atoms with Crippen LogP contribution in [0.2, 0.25) is 0 Å². The van der Waals surface area contributed by atoms with E-state index < -0.39 is 0 Å². The summed E-state index contributed by atoms with van der Waals surface area (Å²) >= 11 is 2.27. The number of aromatic nitrogens is 2. The summed E-state index contributed by atoms with van der Waals surface area (Å²) in [5, 5.41) is 4.30. The molecule has 72 valence electrons. The Morgan fingerprint density at radius 2 is 2.00 bits per heavy atom. The molecule has 3 heteroatoms. The molecular formula is C11H11IN2. The lowest BCUT2D eigenvalue weighted by atomic mass is 10.1. The molecule has 0 bridgehead atoms. The van der Waals surface area contributed by atoms with Crippen molar-refractivity contribution >= 4 is 22.6 Å². The number of hydrogen-bond donors (Lipinski definition) is 0. The van der Waals surface area contributed by atoms with E-state index in [0.29, 0.717) is 6.04 Å². The maximum absolute atomic E-state index is 4.30. The molecule has 0 N–H and O–H groups in total. The van der Waals surface area contributed by atoms with Crippen molar-refractivity contribution < 1.29 is 0 Å². The van der Waals surface area contributed by atoms with Gasteiger partial charge in [0.15, 0.2) is 0 Å². The van der Waals surface area contributed by atoms with Gasteiger partial charge in [0.25, 0.3) is 0 Å². The molecule has 0 saturated carbocycles. The fraction of sp³-hybridized carbons (Fsp3) is 0.182. The zero-order valence-electron chi connectivity index (χ0n) is 7.89. The molecule has 2 nitrogen and oxygen atoms in total. The zero-order chi connectivity index (χ0) is 9.97. The highest BCUT2D eigenvalue weighted by Gasteiger charge is 2.07. The Morgan fingerprint density at radius 3 is 2.57 bits per heavy atom. The first-order chi connectivity index (χ1) is 6.77. The molecule has 0 aliphatic heterocycles.